The molecule has 1 aliphatic rings. The zero-order valence-corrected chi connectivity index (χ0v) is 12.0. The fourth-order valence-electron chi connectivity index (χ4n) is 2.77. The second-order valence-electron chi connectivity index (χ2n) is 5.43. The maximum absolute atomic E-state index is 6.04. The van der Waals surface area contributed by atoms with E-state index in [0.717, 1.165) is 30.9 Å². The number of nitrogens with one attached hydrogen (secondary N) is 1. The molecule has 0 amide bonds. The van der Waals surface area contributed by atoms with Crippen LogP contribution in [0.2, 0.25) is 0 Å². The molecule has 0 spiro atoms. The van der Waals surface area contributed by atoms with Crippen LogP contribution in [0.3, 0.4) is 0 Å². The molecule has 0 radical (unpaired) electrons. The third-order valence-corrected chi connectivity index (χ3v) is 3.94. The van der Waals surface area contributed by atoms with Gasteiger partial charge in [-0.3, -0.25) is 4.68 Å². The van der Waals surface area contributed by atoms with Crippen molar-refractivity contribution in [3.63, 3.8) is 0 Å². The fourth-order valence-corrected chi connectivity index (χ4v) is 2.77. The van der Waals surface area contributed by atoms with E-state index in [4.69, 9.17) is 9.15 Å². The predicted molar refractivity (Wildman–Crippen MR) is 75.5 cm³/mol. The Labute approximate surface area is 118 Å². The minimum Gasteiger partial charge on any atom is -0.486 e. The van der Waals surface area contributed by atoms with E-state index in [1.165, 1.54) is 12.0 Å². The Kier molecular flexibility index (Phi) is 3.78. The Morgan fingerprint density at radius 3 is 3.10 bits per heavy atom. The average molecular weight is 275 g/mol. The van der Waals surface area contributed by atoms with Crippen LogP contribution in [0.25, 0.3) is 0 Å². The lowest BCUT2D eigenvalue weighted by Crippen LogP contribution is -2.38. The Bertz CT molecular complexity index is 561. The minimum atomic E-state index is 0.228. The number of hydrogen-bond donors (Lipinski definition) is 1. The van der Waals surface area contributed by atoms with E-state index in [2.05, 4.69) is 10.4 Å². The van der Waals surface area contributed by atoms with E-state index in [0.29, 0.717) is 6.04 Å². The minimum absolute atomic E-state index is 0.228. The molecule has 0 aromatic carbocycles. The van der Waals surface area contributed by atoms with Crippen molar-refractivity contribution in [2.45, 2.75) is 44.9 Å². The number of nitrogens with zero attached hydrogens (tertiary/aromatic N) is 2. The van der Waals surface area contributed by atoms with Crippen LogP contribution < -0.4 is 10.1 Å². The summed E-state index contributed by atoms with van der Waals surface area (Å²) in [5.74, 6) is 1.84. The molecule has 1 fully saturated rings. The summed E-state index contributed by atoms with van der Waals surface area (Å²) in [5.41, 5.74) is 1.22. The van der Waals surface area contributed by atoms with E-state index >= 15 is 0 Å². The molecule has 2 atom stereocenters. The van der Waals surface area contributed by atoms with Gasteiger partial charge >= 0.3 is 0 Å². The van der Waals surface area contributed by atoms with Crippen molar-refractivity contribution < 1.29 is 9.15 Å². The van der Waals surface area contributed by atoms with Gasteiger partial charge in [0, 0.05) is 25.2 Å². The highest BCUT2D eigenvalue weighted by molar-refractivity contribution is 5.16. The summed E-state index contributed by atoms with van der Waals surface area (Å²) >= 11 is 0. The molecule has 0 unspecified atom stereocenters. The van der Waals surface area contributed by atoms with Gasteiger partial charge in [-0.1, -0.05) is 0 Å². The van der Waals surface area contributed by atoms with Gasteiger partial charge < -0.3 is 14.5 Å². The van der Waals surface area contributed by atoms with Gasteiger partial charge in [-0.2, -0.15) is 5.10 Å². The predicted octanol–water partition coefficient (Wildman–Crippen LogP) is 2.41. The summed E-state index contributed by atoms with van der Waals surface area (Å²) in [6.45, 7) is 2.83. The highest BCUT2D eigenvalue weighted by atomic mass is 16.5. The van der Waals surface area contributed by atoms with Gasteiger partial charge in [0.25, 0.3) is 0 Å². The van der Waals surface area contributed by atoms with Gasteiger partial charge in [0.1, 0.15) is 11.9 Å². The summed E-state index contributed by atoms with van der Waals surface area (Å²) in [6.07, 6.45) is 9.10. The van der Waals surface area contributed by atoms with E-state index in [1.54, 1.807) is 17.1 Å². The Hall–Kier alpha value is -1.75. The maximum Gasteiger partial charge on any atom is 0.157 e. The van der Waals surface area contributed by atoms with Gasteiger partial charge in [-0.25, -0.2) is 0 Å². The summed E-state index contributed by atoms with van der Waals surface area (Å²) in [5, 5.41) is 7.73. The summed E-state index contributed by atoms with van der Waals surface area (Å²) in [4.78, 5) is 0. The topological polar surface area (TPSA) is 52.2 Å². The van der Waals surface area contributed by atoms with Gasteiger partial charge in [0.2, 0.25) is 0 Å². The lowest BCUT2D eigenvalue weighted by atomic mass is 10.2. The first kappa shape index (κ1) is 13.2. The molecular weight excluding hydrogens is 254 g/mol. The second kappa shape index (κ2) is 5.71. The van der Waals surface area contributed by atoms with E-state index in [9.17, 15) is 0 Å². The summed E-state index contributed by atoms with van der Waals surface area (Å²) < 4.78 is 13.1. The smallest absolute Gasteiger partial charge is 0.157 e. The molecule has 5 nitrogen and oxygen atoms in total. The van der Waals surface area contributed by atoms with Crippen LogP contribution >= 0.6 is 0 Å². The van der Waals surface area contributed by atoms with E-state index < -0.39 is 0 Å². The van der Waals surface area contributed by atoms with E-state index in [1.807, 2.05) is 26.2 Å². The van der Waals surface area contributed by atoms with E-state index in [-0.39, 0.29) is 6.10 Å². The second-order valence-corrected chi connectivity index (χ2v) is 5.43. The van der Waals surface area contributed by atoms with Gasteiger partial charge in [0.05, 0.1) is 18.7 Å². The Morgan fingerprint density at radius 1 is 1.50 bits per heavy atom. The highest BCUT2D eigenvalue weighted by Gasteiger charge is 2.29. The molecule has 3 rings (SSSR count). The average Bonchev–Trinajstić information content (AvgIpc) is 3.11. The number of furan rings is 1. The largest absolute Gasteiger partial charge is 0.486 e. The first-order valence-corrected chi connectivity index (χ1v) is 7.14. The highest BCUT2D eigenvalue weighted by Crippen LogP contribution is 2.25. The summed E-state index contributed by atoms with van der Waals surface area (Å²) in [6, 6.07) is 2.42. The zero-order valence-electron chi connectivity index (χ0n) is 12.0. The third-order valence-electron chi connectivity index (χ3n) is 3.94. The Morgan fingerprint density at radius 2 is 2.40 bits per heavy atom. The number of hydrogen-bond acceptors (Lipinski definition) is 4. The molecule has 5 heteroatoms. The molecule has 0 bridgehead atoms. The molecule has 1 N–H and O–H groups in total. The van der Waals surface area contributed by atoms with Crippen LogP contribution in [0.5, 0.6) is 5.75 Å². The van der Waals surface area contributed by atoms with Crippen molar-refractivity contribution in [3.05, 3.63) is 36.0 Å². The fraction of sp³-hybridized carbons (Fsp3) is 0.533. The molecule has 2 heterocycles. The molecule has 1 aliphatic carbocycles. The van der Waals surface area contributed by atoms with Crippen LogP contribution in [-0.2, 0) is 13.6 Å². The number of rotatable bonds is 5. The number of aryl methyl sites for hydroxylation is 2. The van der Waals surface area contributed by atoms with Gasteiger partial charge in [-0.15, -0.1) is 0 Å². The van der Waals surface area contributed by atoms with Crippen molar-refractivity contribution >= 4 is 0 Å². The van der Waals surface area contributed by atoms with Crippen molar-refractivity contribution in [1.29, 1.82) is 0 Å². The van der Waals surface area contributed by atoms with Crippen molar-refractivity contribution in [2.75, 3.05) is 0 Å². The van der Waals surface area contributed by atoms with Crippen LogP contribution in [-0.4, -0.2) is 21.9 Å². The molecule has 0 aliphatic heterocycles. The van der Waals surface area contributed by atoms with Crippen molar-refractivity contribution in [1.82, 2.24) is 15.1 Å². The maximum atomic E-state index is 6.04. The molecule has 1 saturated carbocycles. The monoisotopic (exact) mass is 275 g/mol. The van der Waals surface area contributed by atoms with Crippen LogP contribution in [0.15, 0.2) is 29.1 Å². The molecule has 2 aromatic rings. The van der Waals surface area contributed by atoms with Crippen LogP contribution in [0, 0.1) is 6.92 Å². The lowest BCUT2D eigenvalue weighted by molar-refractivity contribution is 0.173. The first-order chi connectivity index (χ1) is 9.72. The zero-order chi connectivity index (χ0) is 13.9. The van der Waals surface area contributed by atoms with Gasteiger partial charge in [0.15, 0.2) is 5.75 Å². The van der Waals surface area contributed by atoms with Crippen molar-refractivity contribution in [3.8, 4) is 5.75 Å². The lowest BCUT2D eigenvalue weighted by Gasteiger charge is -2.21. The summed E-state index contributed by atoms with van der Waals surface area (Å²) in [7, 11) is 1.90. The number of aromatic nitrogens is 2. The standard InChI is InChI=1S/C15H21N3O2/c1-11-12(6-7-19-11)8-16-14-4-3-5-15(14)20-13-9-17-18(2)10-13/h6-7,9-10,14-16H,3-5,8H2,1-2H3/t14-,15+/m0/s1. The molecule has 2 aromatic heterocycles. The van der Waals surface area contributed by atoms with Crippen molar-refractivity contribution in [2.24, 2.45) is 7.05 Å². The molecule has 108 valence electrons. The molecular formula is C15H21N3O2. The third kappa shape index (κ3) is 2.88. The number of ether oxygens (including phenoxy) is 1. The molecule has 0 saturated heterocycles. The normalized spacial score (nSPS) is 22.3. The SMILES string of the molecule is Cc1occc1CN[C@H]1CCC[C@H]1Oc1cnn(C)c1. The quantitative estimate of drug-likeness (QED) is 0.910. The first-order valence-electron chi connectivity index (χ1n) is 7.14. The Balaban J connectivity index is 1.57. The van der Waals surface area contributed by atoms with Crippen LogP contribution in [0.4, 0.5) is 0 Å². The molecule has 20 heavy (non-hydrogen) atoms. The van der Waals surface area contributed by atoms with Crippen LogP contribution in [0.1, 0.15) is 30.6 Å². The van der Waals surface area contributed by atoms with Gasteiger partial charge in [-0.05, 0) is 32.3 Å².